The van der Waals surface area contributed by atoms with Crippen LogP contribution in [0.4, 0.5) is 32.8 Å². The van der Waals surface area contributed by atoms with Crippen LogP contribution in [0, 0.1) is 12.7 Å². The van der Waals surface area contributed by atoms with E-state index in [1.807, 2.05) is 43.3 Å². The molecule has 14 N–H and O–H groups in total. The van der Waals surface area contributed by atoms with Gasteiger partial charge in [0.15, 0.2) is 0 Å². The number of unbranched alkanes of at least 4 members (excludes halogenated alkanes) is 1. The Morgan fingerprint density at radius 3 is 1.95 bits per heavy atom. The molecule has 0 aromatic heterocycles. The van der Waals surface area contributed by atoms with Crippen LogP contribution in [0.2, 0.25) is 0 Å². The molecule has 1 unspecified atom stereocenters. The largest absolute Gasteiger partial charge is 0.480 e. The zero-order valence-corrected chi connectivity index (χ0v) is 57.5. The van der Waals surface area contributed by atoms with Crippen molar-refractivity contribution in [3.8, 4) is 0 Å². The number of nitrogens with one attached hydrogen (secondary N) is 9. The van der Waals surface area contributed by atoms with E-state index in [2.05, 4.69) is 58.1 Å². The predicted octanol–water partition coefficient (Wildman–Crippen LogP) is 6.21. The number of hydrogen-bond donors (Lipinski definition) is 13. The molecule has 29 nitrogen and oxygen atoms in total. The lowest BCUT2D eigenvalue weighted by atomic mass is 10.0. The molecule has 0 saturated carbocycles. The highest BCUT2D eigenvalue weighted by atomic mass is 32.2. The highest BCUT2D eigenvalue weighted by molar-refractivity contribution is 7.86. The number of nitrogens with zero attached hydrogens (tertiary/aromatic N) is 3. The van der Waals surface area contributed by atoms with E-state index in [1.54, 1.807) is 85.8 Å². The van der Waals surface area contributed by atoms with E-state index in [4.69, 9.17) is 10.5 Å². The number of aromatic carboxylic acids is 1. The molecule has 4 atom stereocenters. The zero-order chi connectivity index (χ0) is 74.6. The van der Waals surface area contributed by atoms with Crippen molar-refractivity contribution >= 4 is 109 Å². The second kappa shape index (κ2) is 38.9. The minimum atomic E-state index is -4.46. The van der Waals surface area contributed by atoms with Crippen molar-refractivity contribution in [2.24, 2.45) is 16.0 Å². The number of aryl methyl sites for hydroxylation is 1. The van der Waals surface area contributed by atoms with Crippen LogP contribution in [0.5, 0.6) is 0 Å². The van der Waals surface area contributed by atoms with Crippen LogP contribution in [-0.4, -0.2) is 160 Å². The Balaban J connectivity index is 0.874. The Bertz CT molecular complexity index is 4330. The molecule has 0 aliphatic rings. The van der Waals surface area contributed by atoms with Gasteiger partial charge in [-0.1, -0.05) is 66.2 Å². The Labute approximate surface area is 593 Å². The fourth-order valence-electron chi connectivity index (χ4n) is 10.4. The highest BCUT2D eigenvalue weighted by Gasteiger charge is 2.30. The van der Waals surface area contributed by atoms with Crippen LogP contribution in [0.15, 0.2) is 167 Å². The van der Waals surface area contributed by atoms with Crippen molar-refractivity contribution in [1.82, 2.24) is 37.2 Å². The first kappa shape index (κ1) is 78.8. The Morgan fingerprint density at radius 1 is 0.583 bits per heavy atom. The number of carboxylic acid groups (broad SMARTS) is 2. The SMILES string of the molecule is Cc1cccc(C[C@H](NC(=O)c2ccc(NC(=O)CCCNC(=O)C(N)CCC(=O)NCCNc3cccc4c(S(=O)(=O)O)cccc34)cc2F)C(=O)N[C@@H](COCc2cccc(C(=O)O)c2)C(=O)NCC(=O)N[C@@H](CCCCNC(=O)c2ccc(N=Nc3ccc(N(C)C)cc3)cc2)C(=O)O)c1. The van der Waals surface area contributed by atoms with Gasteiger partial charge in [0.05, 0.1) is 48.3 Å². The van der Waals surface area contributed by atoms with Gasteiger partial charge in [0.25, 0.3) is 21.9 Å². The third-order valence-electron chi connectivity index (χ3n) is 15.9. The van der Waals surface area contributed by atoms with E-state index < -0.39 is 106 Å². The summed E-state index contributed by atoms with van der Waals surface area (Å²) in [5, 5.41) is 52.4. The summed E-state index contributed by atoms with van der Waals surface area (Å²) < 4.78 is 55.0. The van der Waals surface area contributed by atoms with Gasteiger partial charge in [-0.05, 0) is 141 Å². The van der Waals surface area contributed by atoms with Crippen LogP contribution >= 0.6 is 0 Å². The van der Waals surface area contributed by atoms with Gasteiger partial charge in [-0.15, -0.1) is 0 Å². The normalized spacial score (nSPS) is 12.4. The fraction of sp³-hybridized carbons (Fsp3) is 0.306. The third-order valence-corrected chi connectivity index (χ3v) is 16.8. The molecule has 0 fully saturated rings. The molecule has 0 heterocycles. The van der Waals surface area contributed by atoms with E-state index in [-0.39, 0.29) is 106 Å². The lowest BCUT2D eigenvalue weighted by Gasteiger charge is -2.24. The van der Waals surface area contributed by atoms with Gasteiger partial charge < -0.3 is 73.4 Å². The summed E-state index contributed by atoms with van der Waals surface area (Å²) >= 11 is 0. The summed E-state index contributed by atoms with van der Waals surface area (Å²) in [6.07, 6.45) is 0.257. The number of anilines is 3. The number of aliphatic carboxylic acids is 1. The molecule has 8 amide bonds. The molecule has 7 rings (SSSR count). The minimum absolute atomic E-state index is 0.00120. The lowest BCUT2D eigenvalue weighted by molar-refractivity contribution is -0.142. The number of benzene rings is 7. The van der Waals surface area contributed by atoms with Gasteiger partial charge in [0.1, 0.15) is 28.8 Å². The number of amides is 8. The van der Waals surface area contributed by atoms with E-state index in [0.717, 1.165) is 23.4 Å². The molecule has 0 bridgehead atoms. The van der Waals surface area contributed by atoms with Gasteiger partial charge in [-0.3, -0.25) is 42.9 Å². The number of carbonyl (C=O) groups excluding carboxylic acids is 8. The number of nitrogens with two attached hydrogens (primary N) is 1. The molecule has 0 aliphatic heterocycles. The molecule has 7 aromatic rings. The van der Waals surface area contributed by atoms with Crippen molar-refractivity contribution in [3.05, 3.63) is 191 Å². The summed E-state index contributed by atoms with van der Waals surface area (Å²) in [4.78, 5) is 132. The van der Waals surface area contributed by atoms with E-state index >= 15 is 4.39 Å². The molecular weight excluding hydrogens is 1350 g/mol. The number of halogens is 1. The van der Waals surface area contributed by atoms with Crippen LogP contribution in [0.25, 0.3) is 10.8 Å². The number of rotatable bonds is 39. The average molecular weight is 1440 g/mol. The maximum absolute atomic E-state index is 15.9. The first-order valence-electron chi connectivity index (χ1n) is 32.8. The summed E-state index contributed by atoms with van der Waals surface area (Å²) in [6.45, 7) is 0.809. The van der Waals surface area contributed by atoms with Crippen LogP contribution in [0.1, 0.15) is 92.7 Å². The molecule has 31 heteroatoms. The Kier molecular flexibility index (Phi) is 29.7. The maximum atomic E-state index is 15.9. The quantitative estimate of drug-likeness (QED) is 0.0116. The first-order chi connectivity index (χ1) is 49.2. The molecular formula is C72H82FN13O16S. The fourth-order valence-corrected chi connectivity index (χ4v) is 11.1. The van der Waals surface area contributed by atoms with E-state index in [9.17, 15) is 71.1 Å². The number of ether oxygens (including phenoxy) is 1. The molecule has 103 heavy (non-hydrogen) atoms. The summed E-state index contributed by atoms with van der Waals surface area (Å²) in [7, 11) is -0.603. The summed E-state index contributed by atoms with van der Waals surface area (Å²) in [5.41, 5.74) is 10.2. The first-order valence-corrected chi connectivity index (χ1v) is 34.2. The van der Waals surface area contributed by atoms with Crippen molar-refractivity contribution in [2.75, 3.05) is 69.0 Å². The smallest absolute Gasteiger partial charge is 0.335 e. The molecule has 0 saturated heterocycles. The zero-order valence-electron chi connectivity index (χ0n) is 56.7. The molecule has 0 spiro atoms. The van der Waals surface area contributed by atoms with Crippen LogP contribution in [0.3, 0.4) is 0 Å². The maximum Gasteiger partial charge on any atom is 0.335 e. The number of fused-ring (bicyclic) bond motifs is 1. The highest BCUT2D eigenvalue weighted by Crippen LogP contribution is 2.29. The summed E-state index contributed by atoms with van der Waals surface area (Å²) in [5.74, 6) is -9.52. The molecule has 544 valence electrons. The van der Waals surface area contributed by atoms with Crippen LogP contribution < -0.4 is 58.5 Å². The number of carboxylic acids is 2. The van der Waals surface area contributed by atoms with Gasteiger partial charge in [0.2, 0.25) is 35.4 Å². The van der Waals surface area contributed by atoms with Gasteiger partial charge in [-0.2, -0.15) is 18.6 Å². The molecule has 0 aliphatic carbocycles. The Morgan fingerprint density at radius 2 is 1.26 bits per heavy atom. The predicted molar refractivity (Wildman–Crippen MR) is 381 cm³/mol. The molecule has 0 radical (unpaired) electrons. The van der Waals surface area contributed by atoms with E-state index in [1.165, 1.54) is 36.4 Å². The van der Waals surface area contributed by atoms with Crippen molar-refractivity contribution < 1.29 is 80.3 Å². The van der Waals surface area contributed by atoms with Crippen LogP contribution in [-0.2, 0) is 61.4 Å². The topological polar surface area (TPSA) is 437 Å². The number of azo groups is 1. The number of carbonyl (C=O) groups is 10. The standard InChI is InChI=1S/C72H82FN13O16S/c1-44-11-6-12-45(37-44)39-60(82-67(91)55-30-27-51(40-56(55)73)80-64(88)20-10-34-78-68(92)57(74)31-32-63(87)76-36-35-75-58-18-8-16-54-53(58)15-9-19-62(54)103(99,100)101)70(94)83-61(43-102-42-46-13-7-14-48(38-46)71(95)96)69(93)79-41-65(89)81-59(72(97)98)17-4-5-33-77-66(90)47-21-23-49(24-22-47)84-85-50-25-28-52(29-26-50)86(2)3/h6-9,11-16,18-19,21-30,37-38,40,57,59-61,75H,4-5,10,17,20,31-36,39,41-43,74H2,1-3H3,(H,76,87)(H,77,90)(H,78,92)(H,79,93)(H,80,88)(H,81,89)(H,82,91)(H,83,94)(H,95,96)(H,97,98)(H,99,100,101)/t57?,59-,60-,61-/m0/s1. The monoisotopic (exact) mass is 1440 g/mol. The van der Waals surface area contributed by atoms with Crippen molar-refractivity contribution in [2.45, 2.75) is 94.0 Å². The summed E-state index contributed by atoms with van der Waals surface area (Å²) in [6, 6.07) is 33.6. The number of hydrogen-bond acceptors (Lipinski definition) is 18. The van der Waals surface area contributed by atoms with Crippen molar-refractivity contribution in [3.63, 3.8) is 0 Å². The third kappa shape index (κ3) is 25.5. The van der Waals surface area contributed by atoms with Gasteiger partial charge >= 0.3 is 11.9 Å². The van der Waals surface area contributed by atoms with Crippen molar-refractivity contribution in [1.29, 1.82) is 0 Å². The second-order valence-electron chi connectivity index (χ2n) is 24.1. The van der Waals surface area contributed by atoms with Gasteiger partial charge in [0, 0.05) is 92.9 Å². The minimum Gasteiger partial charge on any atom is -0.480 e. The average Bonchev–Trinajstić information content (AvgIpc) is 0.787. The van der Waals surface area contributed by atoms with E-state index in [0.29, 0.717) is 50.9 Å². The second-order valence-corrected chi connectivity index (χ2v) is 25.5. The molecule has 7 aromatic carbocycles. The van der Waals surface area contributed by atoms with Gasteiger partial charge in [-0.25, -0.2) is 14.0 Å². The Hall–Kier alpha value is -11.5. The lowest BCUT2D eigenvalue weighted by Crippen LogP contribution is -2.56.